The van der Waals surface area contributed by atoms with Crippen LogP contribution in [0.5, 0.6) is 0 Å². The first-order valence-corrected chi connectivity index (χ1v) is 5.16. The van der Waals surface area contributed by atoms with Gasteiger partial charge in [-0.2, -0.15) is 0 Å². The molecule has 1 aromatic heterocycles. The van der Waals surface area contributed by atoms with Crippen LogP contribution in [0.2, 0.25) is 0 Å². The third-order valence-electron chi connectivity index (χ3n) is 2.13. The Hall–Kier alpha value is -1.89. The van der Waals surface area contributed by atoms with Crippen LogP contribution in [0, 0.1) is 0 Å². The highest BCUT2D eigenvalue weighted by Crippen LogP contribution is 2.01. The number of anilines is 1. The van der Waals surface area contributed by atoms with Gasteiger partial charge < -0.3 is 19.9 Å². The number of H-pyrrole nitrogens is 1. The first-order valence-electron chi connectivity index (χ1n) is 5.16. The van der Waals surface area contributed by atoms with E-state index in [1.807, 2.05) is 19.0 Å². The van der Waals surface area contributed by atoms with Crippen molar-refractivity contribution >= 4 is 11.8 Å². The molecule has 94 valence electrons. The number of hydrogen-bond donors (Lipinski definition) is 2. The molecular weight excluding hydrogens is 224 g/mol. The molecule has 0 spiro atoms. The van der Waals surface area contributed by atoms with Crippen molar-refractivity contribution in [2.45, 2.75) is 0 Å². The van der Waals surface area contributed by atoms with Gasteiger partial charge in [0.1, 0.15) is 6.54 Å². The van der Waals surface area contributed by atoms with Crippen LogP contribution in [-0.2, 0) is 4.79 Å². The number of nitrogens with one attached hydrogen (secondary N) is 1. The van der Waals surface area contributed by atoms with Crippen LogP contribution in [0.4, 0.5) is 5.82 Å². The maximum atomic E-state index is 11.5. The third-order valence-corrected chi connectivity index (χ3v) is 2.13. The molecule has 0 aliphatic rings. The van der Waals surface area contributed by atoms with Crippen LogP contribution in [0.3, 0.4) is 0 Å². The lowest BCUT2D eigenvalue weighted by atomic mass is 10.4. The van der Waals surface area contributed by atoms with E-state index in [0.717, 1.165) is 0 Å². The van der Waals surface area contributed by atoms with E-state index in [0.29, 0.717) is 13.1 Å². The monoisotopic (exact) mass is 240 g/mol. The summed E-state index contributed by atoms with van der Waals surface area (Å²) in [6.45, 7) is 0.830. The van der Waals surface area contributed by atoms with E-state index in [2.05, 4.69) is 9.97 Å². The minimum atomic E-state index is -0.992. The zero-order chi connectivity index (χ0) is 12.8. The summed E-state index contributed by atoms with van der Waals surface area (Å²) in [6, 6.07) is 0. The number of carboxylic acid groups (broad SMARTS) is 1. The number of hydrogen-bond acceptors (Lipinski definition) is 5. The molecule has 2 N–H and O–H groups in total. The fraction of sp³-hybridized carbons (Fsp3) is 0.500. The lowest BCUT2D eigenvalue weighted by Gasteiger charge is -2.22. The van der Waals surface area contributed by atoms with Gasteiger partial charge in [-0.3, -0.25) is 9.59 Å². The van der Waals surface area contributed by atoms with Crippen LogP contribution in [0.15, 0.2) is 17.2 Å². The first kappa shape index (κ1) is 13.2. The van der Waals surface area contributed by atoms with Crippen molar-refractivity contribution in [2.24, 2.45) is 0 Å². The van der Waals surface area contributed by atoms with Crippen molar-refractivity contribution in [3.8, 4) is 0 Å². The van der Waals surface area contributed by atoms with Gasteiger partial charge in [-0.05, 0) is 14.1 Å². The Morgan fingerprint density at radius 2 is 2.18 bits per heavy atom. The topological polar surface area (TPSA) is 89.5 Å². The van der Waals surface area contributed by atoms with Gasteiger partial charge in [0.15, 0.2) is 5.82 Å². The molecule has 0 unspecified atom stereocenters. The molecule has 0 radical (unpaired) electrons. The second kappa shape index (κ2) is 6.00. The quantitative estimate of drug-likeness (QED) is 0.678. The Labute approximate surface area is 98.7 Å². The molecule has 0 aliphatic carbocycles. The van der Waals surface area contributed by atoms with E-state index in [1.54, 1.807) is 0 Å². The van der Waals surface area contributed by atoms with Gasteiger partial charge in [0.25, 0.3) is 5.56 Å². The van der Waals surface area contributed by atoms with Crippen molar-refractivity contribution in [3.63, 3.8) is 0 Å². The van der Waals surface area contributed by atoms with Crippen molar-refractivity contribution in [1.29, 1.82) is 0 Å². The zero-order valence-electron chi connectivity index (χ0n) is 9.88. The second-order valence-corrected chi connectivity index (χ2v) is 3.86. The van der Waals surface area contributed by atoms with Crippen molar-refractivity contribution in [2.75, 3.05) is 38.6 Å². The van der Waals surface area contributed by atoms with Crippen LogP contribution in [0.1, 0.15) is 0 Å². The van der Waals surface area contributed by atoms with E-state index >= 15 is 0 Å². The summed E-state index contributed by atoms with van der Waals surface area (Å²) >= 11 is 0. The Morgan fingerprint density at radius 3 is 2.71 bits per heavy atom. The maximum Gasteiger partial charge on any atom is 0.323 e. The van der Waals surface area contributed by atoms with Gasteiger partial charge in [-0.25, -0.2) is 4.98 Å². The molecule has 0 saturated carbocycles. The highest BCUT2D eigenvalue weighted by molar-refractivity contribution is 5.73. The number of aliphatic carboxylic acids is 1. The number of carbonyl (C=O) groups is 1. The predicted octanol–water partition coefficient (Wildman–Crippen LogP) is -0.777. The maximum absolute atomic E-state index is 11.5. The summed E-state index contributed by atoms with van der Waals surface area (Å²) in [6.07, 6.45) is 2.85. The Kier molecular flexibility index (Phi) is 4.65. The van der Waals surface area contributed by atoms with E-state index in [-0.39, 0.29) is 17.9 Å². The molecule has 1 heterocycles. The fourth-order valence-corrected chi connectivity index (χ4v) is 1.31. The van der Waals surface area contributed by atoms with Gasteiger partial charge in [-0.15, -0.1) is 0 Å². The average molecular weight is 240 g/mol. The van der Waals surface area contributed by atoms with Gasteiger partial charge in [0.2, 0.25) is 0 Å². The minimum absolute atomic E-state index is 0.136. The molecule has 0 aromatic carbocycles. The zero-order valence-corrected chi connectivity index (χ0v) is 9.88. The van der Waals surface area contributed by atoms with Crippen LogP contribution in [0.25, 0.3) is 0 Å². The summed E-state index contributed by atoms with van der Waals surface area (Å²) < 4.78 is 0. The van der Waals surface area contributed by atoms with Crippen molar-refractivity contribution in [3.05, 3.63) is 22.7 Å². The van der Waals surface area contributed by atoms with E-state index < -0.39 is 5.97 Å². The van der Waals surface area contributed by atoms with Gasteiger partial charge in [-0.1, -0.05) is 0 Å². The molecule has 7 heteroatoms. The van der Waals surface area contributed by atoms with Gasteiger partial charge >= 0.3 is 5.97 Å². The van der Waals surface area contributed by atoms with E-state index in [9.17, 15) is 9.59 Å². The van der Waals surface area contributed by atoms with E-state index in [4.69, 9.17) is 5.11 Å². The molecular formula is C10H16N4O3. The Bertz CT molecular complexity index is 430. The minimum Gasteiger partial charge on any atom is -0.480 e. The van der Waals surface area contributed by atoms with Crippen molar-refractivity contribution in [1.82, 2.24) is 14.9 Å². The molecule has 17 heavy (non-hydrogen) atoms. The van der Waals surface area contributed by atoms with Crippen molar-refractivity contribution < 1.29 is 9.90 Å². The number of aromatic nitrogens is 2. The van der Waals surface area contributed by atoms with Gasteiger partial charge in [0, 0.05) is 25.5 Å². The molecule has 0 saturated heterocycles. The molecule has 0 atom stereocenters. The number of aromatic amines is 1. The summed E-state index contributed by atoms with van der Waals surface area (Å²) in [4.78, 5) is 32.0. The smallest absolute Gasteiger partial charge is 0.323 e. The number of nitrogens with zero attached hydrogens (tertiary/aromatic N) is 3. The molecule has 1 rings (SSSR count). The lowest BCUT2D eigenvalue weighted by Crippen LogP contribution is -2.39. The van der Waals surface area contributed by atoms with Crippen LogP contribution in [-0.4, -0.2) is 59.7 Å². The summed E-state index contributed by atoms with van der Waals surface area (Å²) in [5.41, 5.74) is -0.382. The SMILES string of the molecule is CN(C)CCN(CC(=O)O)c1ncc[nH]c1=O. The summed E-state index contributed by atoms with van der Waals surface area (Å²) in [5.74, 6) is -0.856. The molecule has 0 amide bonds. The molecule has 0 bridgehead atoms. The Balaban J connectivity index is 2.86. The fourth-order valence-electron chi connectivity index (χ4n) is 1.31. The highest BCUT2D eigenvalue weighted by Gasteiger charge is 2.14. The standard InChI is InChI=1S/C10H16N4O3/c1-13(2)5-6-14(7-8(15)16)9-10(17)12-4-3-11-9/h3-4H,5-7H2,1-2H3,(H,12,17)(H,15,16). The number of rotatable bonds is 6. The molecule has 7 nitrogen and oxygen atoms in total. The number of likely N-dealkylation sites (N-methyl/N-ethyl adjacent to an activating group) is 1. The summed E-state index contributed by atoms with van der Waals surface area (Å²) in [7, 11) is 3.75. The predicted molar refractivity (Wildman–Crippen MR) is 63.3 cm³/mol. The highest BCUT2D eigenvalue weighted by atomic mass is 16.4. The Morgan fingerprint density at radius 1 is 1.47 bits per heavy atom. The lowest BCUT2D eigenvalue weighted by molar-refractivity contribution is -0.135. The first-order chi connectivity index (χ1) is 8.00. The van der Waals surface area contributed by atoms with Crippen LogP contribution >= 0.6 is 0 Å². The average Bonchev–Trinajstić information content (AvgIpc) is 2.24. The summed E-state index contributed by atoms with van der Waals surface area (Å²) in [5, 5.41) is 8.81. The number of carboxylic acids is 1. The molecule has 1 aromatic rings. The normalized spacial score (nSPS) is 10.5. The third kappa shape index (κ3) is 4.23. The van der Waals surface area contributed by atoms with E-state index in [1.165, 1.54) is 17.3 Å². The molecule has 0 aliphatic heterocycles. The largest absolute Gasteiger partial charge is 0.480 e. The molecule has 0 fully saturated rings. The van der Waals surface area contributed by atoms with Gasteiger partial charge in [0.05, 0.1) is 0 Å². The second-order valence-electron chi connectivity index (χ2n) is 3.86. The van der Waals surface area contributed by atoms with Crippen LogP contribution < -0.4 is 10.5 Å².